The molecule has 0 bridgehead atoms. The van der Waals surface area contributed by atoms with E-state index in [1.165, 1.54) is 0 Å². The normalized spacial score (nSPS) is 24.2. The molecule has 0 aromatic carbocycles. The van der Waals surface area contributed by atoms with Gasteiger partial charge >= 0.3 is 0 Å². The van der Waals surface area contributed by atoms with Crippen molar-refractivity contribution in [3.63, 3.8) is 0 Å². The summed E-state index contributed by atoms with van der Waals surface area (Å²) in [4.78, 5) is 0. The summed E-state index contributed by atoms with van der Waals surface area (Å²) in [6, 6.07) is 0. The Bertz CT molecular complexity index is 29.8. The van der Waals surface area contributed by atoms with E-state index in [4.69, 9.17) is 11.6 Å². The molecule has 0 heterocycles. The molecule has 2 unspecified atom stereocenters. The van der Waals surface area contributed by atoms with E-state index in [0.717, 1.165) is 0 Å². The molecular formula is C3H7O2. The fourth-order valence-electron chi connectivity index (χ4n) is 0. The monoisotopic (exact) mass is 76.1 g/mol. The Kier molecular flexibility index (Phi) is 1.36. The lowest BCUT2D eigenvalue weighted by Crippen LogP contribution is -2.04. The Labute approximate surface area is 32.5 Å². The molecule has 1 radical (unpaired) electrons. The average molecular weight is 76.1 g/mol. The topological polar surface area (TPSA) is 40.5 Å². The van der Waals surface area contributed by atoms with Crippen molar-refractivity contribution < 1.29 is 11.6 Å². The van der Waals surface area contributed by atoms with Crippen molar-refractivity contribution in [3.05, 3.63) is 6.92 Å². The summed E-state index contributed by atoms with van der Waals surface area (Å²) in [6.07, 6.45) is -1.18. The second-order valence-corrected chi connectivity index (χ2v) is 0.716. The van der Waals surface area contributed by atoms with Crippen LogP contribution >= 0.6 is 0 Å². The quantitative estimate of drug-likeness (QED) is 0.428. The van der Waals surface area contributed by atoms with Gasteiger partial charge in [-0.3, -0.25) is 0 Å². The first kappa shape index (κ1) is 3.12. The van der Waals surface area contributed by atoms with E-state index < -0.39 is 12.7 Å². The van der Waals surface area contributed by atoms with E-state index in [0.29, 0.717) is 0 Å². The fraction of sp³-hybridized carbons (Fsp3) is 0.667. The Hall–Kier alpha value is -0.0800. The molecule has 0 saturated carbocycles. The van der Waals surface area contributed by atoms with Gasteiger partial charge in [-0.2, -0.15) is 0 Å². The molecule has 0 saturated heterocycles. The molecular weight excluding hydrogens is 68.0 g/mol. The first-order valence-corrected chi connectivity index (χ1v) is 1.26. The maximum atomic E-state index is 8.08. The summed E-state index contributed by atoms with van der Waals surface area (Å²) in [5, 5.41) is 16.1. The van der Waals surface area contributed by atoms with E-state index in [1.54, 1.807) is 0 Å². The van der Waals surface area contributed by atoms with Crippen LogP contribution < -0.4 is 0 Å². The van der Waals surface area contributed by atoms with Crippen LogP contribution in [0.4, 0.5) is 0 Å². The number of aliphatic hydroxyl groups is 2. The van der Waals surface area contributed by atoms with Gasteiger partial charge in [-0.15, -0.1) is 0 Å². The van der Waals surface area contributed by atoms with Crippen molar-refractivity contribution in [2.75, 3.05) is 6.58 Å². The van der Waals surface area contributed by atoms with Gasteiger partial charge in [-0.25, -0.2) is 0 Å². The van der Waals surface area contributed by atoms with Crippen LogP contribution in [0.25, 0.3) is 0 Å². The van der Waals surface area contributed by atoms with E-state index in [9.17, 15) is 0 Å². The molecule has 0 aromatic heterocycles. The van der Waals surface area contributed by atoms with Gasteiger partial charge in [-0.05, 0) is 6.92 Å². The van der Waals surface area contributed by atoms with Crippen LogP contribution in [-0.2, 0) is 0 Å². The first-order chi connectivity index (χ1) is 2.64. The summed E-state index contributed by atoms with van der Waals surface area (Å²) in [6.45, 7) is 1.50. The lowest BCUT2D eigenvalue weighted by Gasteiger charge is -1.89. The molecule has 5 heavy (non-hydrogen) atoms. The lowest BCUT2D eigenvalue weighted by molar-refractivity contribution is 0.129. The third-order valence-electron chi connectivity index (χ3n) is 0.172. The highest BCUT2D eigenvalue weighted by atomic mass is 16.3. The minimum atomic E-state index is -1.45. The summed E-state index contributed by atoms with van der Waals surface area (Å²) in [7, 11) is 0. The molecule has 2 heteroatoms. The Morgan fingerprint density at radius 1 is 2.20 bits per heavy atom. The highest BCUT2D eigenvalue weighted by Crippen LogP contribution is 1.67. The van der Waals surface area contributed by atoms with E-state index in [-0.39, 0.29) is 0 Å². The van der Waals surface area contributed by atoms with Crippen LogP contribution in [0.15, 0.2) is 0 Å². The summed E-state index contributed by atoms with van der Waals surface area (Å²) in [5.74, 6) is 0. The highest BCUT2D eigenvalue weighted by Gasteiger charge is 1.83. The second-order valence-electron chi connectivity index (χ2n) is 0.716. The highest BCUT2D eigenvalue weighted by molar-refractivity contribution is 4.49. The van der Waals surface area contributed by atoms with Gasteiger partial charge in [0.1, 0.15) is 0 Å². The smallest absolute Gasteiger partial charge is 0.0771 e. The SMILES string of the molecule is [2H]C(O)C([CH2])O. The van der Waals surface area contributed by atoms with Crippen LogP contribution in [0.3, 0.4) is 0 Å². The van der Waals surface area contributed by atoms with Gasteiger partial charge in [0, 0.05) is 0 Å². The van der Waals surface area contributed by atoms with Crippen molar-refractivity contribution in [2.24, 2.45) is 0 Å². The van der Waals surface area contributed by atoms with Gasteiger partial charge < -0.3 is 10.2 Å². The van der Waals surface area contributed by atoms with E-state index in [1.807, 2.05) is 0 Å². The van der Waals surface area contributed by atoms with Crippen molar-refractivity contribution in [2.45, 2.75) is 6.10 Å². The van der Waals surface area contributed by atoms with Gasteiger partial charge in [0.05, 0.1) is 14.1 Å². The Balaban J connectivity index is 2.99. The molecule has 31 valence electrons. The van der Waals surface area contributed by atoms with Crippen LogP contribution in [0, 0.1) is 6.92 Å². The van der Waals surface area contributed by atoms with Crippen molar-refractivity contribution >= 4 is 0 Å². The van der Waals surface area contributed by atoms with Gasteiger partial charge in [0.2, 0.25) is 0 Å². The number of hydrogen-bond donors (Lipinski definition) is 2. The molecule has 0 aromatic rings. The molecule has 2 N–H and O–H groups in total. The second kappa shape index (κ2) is 2.18. The predicted octanol–water partition coefficient (Wildman–Crippen LogP) is -0.826. The zero-order valence-corrected chi connectivity index (χ0v) is 2.76. The maximum Gasteiger partial charge on any atom is 0.0771 e. The molecule has 0 aliphatic heterocycles. The zero-order chi connectivity index (χ0) is 5.15. The average Bonchev–Trinajstić information content (AvgIpc) is 1.36. The Morgan fingerprint density at radius 2 is 2.40 bits per heavy atom. The van der Waals surface area contributed by atoms with Crippen LogP contribution in [-0.4, -0.2) is 22.9 Å². The predicted molar refractivity (Wildman–Crippen MR) is 18.4 cm³/mol. The van der Waals surface area contributed by atoms with Crippen LogP contribution in [0.1, 0.15) is 1.37 Å². The third kappa shape index (κ3) is 3.92. The molecule has 0 aliphatic rings. The summed E-state index contributed by atoms with van der Waals surface area (Å²) in [5.41, 5.74) is 0. The molecule has 0 aliphatic carbocycles. The lowest BCUT2D eigenvalue weighted by atomic mass is 10.5. The number of aliphatic hydroxyl groups excluding tert-OH is 2. The largest absolute Gasteiger partial charge is 0.394 e. The molecule has 0 amide bonds. The summed E-state index contributed by atoms with van der Waals surface area (Å²) >= 11 is 0. The molecule has 0 rings (SSSR count). The van der Waals surface area contributed by atoms with Crippen LogP contribution in [0.2, 0.25) is 0 Å². The van der Waals surface area contributed by atoms with Gasteiger partial charge in [0.15, 0.2) is 0 Å². The van der Waals surface area contributed by atoms with Crippen molar-refractivity contribution in [3.8, 4) is 0 Å². The fourth-order valence-corrected chi connectivity index (χ4v) is 0. The van der Waals surface area contributed by atoms with Crippen molar-refractivity contribution in [1.29, 1.82) is 0 Å². The van der Waals surface area contributed by atoms with Gasteiger partial charge in [-0.1, -0.05) is 0 Å². The molecule has 0 spiro atoms. The van der Waals surface area contributed by atoms with Gasteiger partial charge in [0.25, 0.3) is 0 Å². The maximum absolute atomic E-state index is 8.08. The third-order valence-corrected chi connectivity index (χ3v) is 0.172. The van der Waals surface area contributed by atoms with Crippen LogP contribution in [0.5, 0.6) is 0 Å². The Morgan fingerprint density at radius 3 is 2.40 bits per heavy atom. The first-order valence-electron chi connectivity index (χ1n) is 1.84. The number of rotatable bonds is 1. The summed E-state index contributed by atoms with van der Waals surface area (Å²) < 4.78 is 6.28. The standard InChI is InChI=1S/C3H7O2/c1-3(5)2-4/h3-5H,1-2H2/i2D. The zero-order valence-electron chi connectivity index (χ0n) is 3.76. The minimum Gasteiger partial charge on any atom is -0.394 e. The van der Waals surface area contributed by atoms with E-state index in [2.05, 4.69) is 6.92 Å². The number of hydrogen-bond acceptors (Lipinski definition) is 2. The van der Waals surface area contributed by atoms with Crippen molar-refractivity contribution in [1.82, 2.24) is 0 Å². The molecule has 2 nitrogen and oxygen atoms in total. The van der Waals surface area contributed by atoms with E-state index >= 15 is 0 Å². The minimum absolute atomic E-state index is 1.18. The molecule has 0 fully saturated rings. The molecule has 2 atom stereocenters.